The number of para-hydroxylation sites is 1. The fourth-order valence-electron chi connectivity index (χ4n) is 3.71. The highest BCUT2D eigenvalue weighted by atomic mass is 35.5. The van der Waals surface area contributed by atoms with Crippen LogP contribution in [-0.2, 0) is 5.41 Å². The summed E-state index contributed by atoms with van der Waals surface area (Å²) in [6.07, 6.45) is 1.93. The van der Waals surface area contributed by atoms with Crippen molar-refractivity contribution >= 4 is 29.4 Å². The SMILES string of the molecule is Clc1ccc(C23CNCC2C3/C=N/Oc2ccccc2)cc1Cl. The van der Waals surface area contributed by atoms with E-state index in [0.717, 1.165) is 18.8 Å². The first-order valence-corrected chi connectivity index (χ1v) is 8.39. The molecule has 2 aliphatic rings. The van der Waals surface area contributed by atoms with E-state index in [0.29, 0.717) is 21.9 Å². The number of hydrogen-bond donors (Lipinski definition) is 1. The fourth-order valence-corrected chi connectivity index (χ4v) is 4.01. The van der Waals surface area contributed by atoms with Gasteiger partial charge in [0, 0.05) is 24.1 Å². The van der Waals surface area contributed by atoms with Gasteiger partial charge in [0.1, 0.15) is 0 Å². The average Bonchev–Trinajstić information content (AvgIpc) is 2.97. The maximum absolute atomic E-state index is 6.19. The monoisotopic (exact) mass is 346 g/mol. The second kappa shape index (κ2) is 5.82. The molecule has 1 saturated heterocycles. The molecule has 0 aromatic heterocycles. The van der Waals surface area contributed by atoms with Crippen molar-refractivity contribution in [2.24, 2.45) is 17.0 Å². The van der Waals surface area contributed by atoms with Crippen LogP contribution in [0.1, 0.15) is 5.56 Å². The quantitative estimate of drug-likeness (QED) is 0.666. The Morgan fingerprint density at radius 2 is 1.96 bits per heavy atom. The third kappa shape index (κ3) is 2.53. The van der Waals surface area contributed by atoms with Crippen LogP contribution in [0.25, 0.3) is 0 Å². The second-order valence-electron chi connectivity index (χ2n) is 6.09. The largest absolute Gasteiger partial charge is 0.357 e. The van der Waals surface area contributed by atoms with Crippen molar-refractivity contribution < 1.29 is 4.84 Å². The van der Waals surface area contributed by atoms with Gasteiger partial charge in [-0.2, -0.15) is 0 Å². The molecule has 1 saturated carbocycles. The molecule has 3 atom stereocenters. The van der Waals surface area contributed by atoms with E-state index < -0.39 is 0 Å². The first-order chi connectivity index (χ1) is 11.2. The molecule has 2 fully saturated rings. The number of rotatable bonds is 4. The van der Waals surface area contributed by atoms with E-state index in [-0.39, 0.29) is 5.41 Å². The van der Waals surface area contributed by atoms with Gasteiger partial charge in [0.2, 0.25) is 0 Å². The molecule has 118 valence electrons. The van der Waals surface area contributed by atoms with Gasteiger partial charge in [-0.3, -0.25) is 0 Å². The van der Waals surface area contributed by atoms with E-state index in [1.807, 2.05) is 48.7 Å². The Balaban J connectivity index is 1.53. The topological polar surface area (TPSA) is 33.6 Å². The number of nitrogens with one attached hydrogen (secondary N) is 1. The van der Waals surface area contributed by atoms with Crippen LogP contribution in [-0.4, -0.2) is 19.3 Å². The Morgan fingerprint density at radius 1 is 1.13 bits per heavy atom. The lowest BCUT2D eigenvalue weighted by atomic mass is 9.93. The van der Waals surface area contributed by atoms with Crippen molar-refractivity contribution in [2.45, 2.75) is 5.41 Å². The van der Waals surface area contributed by atoms with Crippen LogP contribution < -0.4 is 10.2 Å². The predicted molar refractivity (Wildman–Crippen MR) is 93.6 cm³/mol. The maximum Gasteiger partial charge on any atom is 0.157 e. The molecule has 1 heterocycles. The van der Waals surface area contributed by atoms with Crippen LogP contribution in [0.4, 0.5) is 0 Å². The number of piperidine rings is 1. The standard InChI is InChI=1S/C18H16Cl2N2O/c19-16-7-6-12(8-17(16)20)18-11-21-9-14(18)15(18)10-22-23-13-4-2-1-3-5-13/h1-8,10,14-15,21H,9,11H2/b22-10+. The highest BCUT2D eigenvalue weighted by Gasteiger charge is 2.67. The van der Waals surface area contributed by atoms with Crippen LogP contribution in [0, 0.1) is 11.8 Å². The van der Waals surface area contributed by atoms with Gasteiger partial charge >= 0.3 is 0 Å². The van der Waals surface area contributed by atoms with Gasteiger partial charge in [-0.25, -0.2) is 0 Å². The molecule has 0 radical (unpaired) electrons. The van der Waals surface area contributed by atoms with Crippen molar-refractivity contribution in [1.82, 2.24) is 5.32 Å². The molecular formula is C18H16Cl2N2O. The summed E-state index contributed by atoms with van der Waals surface area (Å²) in [5, 5.41) is 8.83. The number of halogens is 2. The zero-order valence-corrected chi connectivity index (χ0v) is 13.9. The van der Waals surface area contributed by atoms with Crippen LogP contribution in [0.5, 0.6) is 5.75 Å². The first kappa shape index (κ1) is 15.0. The zero-order chi connectivity index (χ0) is 15.9. The molecule has 0 bridgehead atoms. The fraction of sp³-hybridized carbons (Fsp3) is 0.278. The van der Waals surface area contributed by atoms with Crippen molar-refractivity contribution in [3.63, 3.8) is 0 Å². The van der Waals surface area contributed by atoms with Crippen LogP contribution >= 0.6 is 23.2 Å². The Morgan fingerprint density at radius 3 is 2.74 bits per heavy atom. The Kier molecular flexibility index (Phi) is 3.80. The summed E-state index contributed by atoms with van der Waals surface area (Å²) in [5.41, 5.74) is 1.29. The lowest BCUT2D eigenvalue weighted by Crippen LogP contribution is -2.24. The molecule has 23 heavy (non-hydrogen) atoms. The normalized spacial score (nSPS) is 28.8. The molecule has 4 rings (SSSR count). The van der Waals surface area contributed by atoms with Gasteiger partial charge in [-0.1, -0.05) is 52.6 Å². The number of hydrogen-bond acceptors (Lipinski definition) is 3. The van der Waals surface area contributed by atoms with Gasteiger partial charge in [-0.05, 0) is 42.3 Å². The summed E-state index contributed by atoms with van der Waals surface area (Å²) < 4.78 is 0. The molecule has 3 nitrogen and oxygen atoms in total. The minimum Gasteiger partial charge on any atom is -0.357 e. The average molecular weight is 347 g/mol. The summed E-state index contributed by atoms with van der Waals surface area (Å²) in [5.74, 6) is 1.64. The zero-order valence-electron chi connectivity index (χ0n) is 12.4. The second-order valence-corrected chi connectivity index (χ2v) is 6.91. The lowest BCUT2D eigenvalue weighted by molar-refractivity contribution is 0.341. The molecule has 1 aliphatic carbocycles. The summed E-state index contributed by atoms with van der Waals surface area (Å²) >= 11 is 12.2. The van der Waals surface area contributed by atoms with Crippen molar-refractivity contribution in [3.05, 3.63) is 64.1 Å². The molecule has 0 spiro atoms. The summed E-state index contributed by atoms with van der Waals surface area (Å²) in [6.45, 7) is 1.92. The highest BCUT2D eigenvalue weighted by molar-refractivity contribution is 6.42. The summed E-state index contributed by atoms with van der Waals surface area (Å²) in [4.78, 5) is 5.45. The predicted octanol–water partition coefficient (Wildman–Crippen LogP) is 4.15. The number of benzene rings is 2. The van der Waals surface area contributed by atoms with E-state index in [1.165, 1.54) is 5.56 Å². The van der Waals surface area contributed by atoms with Gasteiger partial charge < -0.3 is 10.2 Å². The van der Waals surface area contributed by atoms with Crippen LogP contribution in [0.3, 0.4) is 0 Å². The van der Waals surface area contributed by atoms with Gasteiger partial charge in [0.15, 0.2) is 5.75 Å². The Labute approximate surface area is 145 Å². The number of nitrogens with zero attached hydrogens (tertiary/aromatic N) is 1. The molecular weight excluding hydrogens is 331 g/mol. The van der Waals surface area contributed by atoms with E-state index in [1.54, 1.807) is 0 Å². The minimum atomic E-state index is 0.0672. The molecule has 1 N–H and O–H groups in total. The third-order valence-electron chi connectivity index (χ3n) is 4.94. The van der Waals surface area contributed by atoms with Gasteiger partial charge in [0.25, 0.3) is 0 Å². The minimum absolute atomic E-state index is 0.0672. The lowest BCUT2D eigenvalue weighted by Gasteiger charge is -2.15. The van der Waals surface area contributed by atoms with Crippen molar-refractivity contribution in [2.75, 3.05) is 13.1 Å². The highest BCUT2D eigenvalue weighted by Crippen LogP contribution is 2.61. The van der Waals surface area contributed by atoms with Gasteiger partial charge in [0.05, 0.1) is 10.0 Å². The molecule has 0 amide bonds. The molecule has 5 heteroatoms. The van der Waals surface area contributed by atoms with Crippen LogP contribution in [0.2, 0.25) is 10.0 Å². The van der Waals surface area contributed by atoms with E-state index in [9.17, 15) is 0 Å². The van der Waals surface area contributed by atoms with E-state index in [2.05, 4.69) is 16.5 Å². The molecule has 1 aliphatic heterocycles. The van der Waals surface area contributed by atoms with Crippen LogP contribution in [0.15, 0.2) is 53.7 Å². The first-order valence-electron chi connectivity index (χ1n) is 7.63. The van der Waals surface area contributed by atoms with Gasteiger partial charge in [-0.15, -0.1) is 0 Å². The summed E-state index contributed by atoms with van der Waals surface area (Å²) in [6, 6.07) is 15.5. The number of fused-ring (bicyclic) bond motifs is 1. The third-order valence-corrected chi connectivity index (χ3v) is 5.68. The Bertz CT molecular complexity index is 750. The molecule has 2 aromatic carbocycles. The summed E-state index contributed by atoms with van der Waals surface area (Å²) in [7, 11) is 0. The smallest absolute Gasteiger partial charge is 0.157 e. The van der Waals surface area contributed by atoms with Crippen molar-refractivity contribution in [1.29, 1.82) is 0 Å². The maximum atomic E-state index is 6.19. The molecule has 2 aromatic rings. The van der Waals surface area contributed by atoms with E-state index in [4.69, 9.17) is 28.0 Å². The Hall–Kier alpha value is -1.55. The van der Waals surface area contributed by atoms with Crippen molar-refractivity contribution in [3.8, 4) is 5.75 Å². The van der Waals surface area contributed by atoms with E-state index >= 15 is 0 Å². The number of oxime groups is 1. The molecule has 3 unspecified atom stereocenters.